The highest BCUT2D eigenvalue weighted by Crippen LogP contribution is 2.54. The van der Waals surface area contributed by atoms with Crippen molar-refractivity contribution in [3.05, 3.63) is 57.6 Å². The van der Waals surface area contributed by atoms with Gasteiger partial charge >= 0.3 is 5.97 Å². The van der Waals surface area contributed by atoms with Crippen LogP contribution in [-0.2, 0) is 19.0 Å². The fourth-order valence-electron chi connectivity index (χ4n) is 6.50. The number of nitrogens with zero attached hydrogens (tertiary/aromatic N) is 1. The van der Waals surface area contributed by atoms with Gasteiger partial charge in [-0.05, 0) is 45.1 Å². The number of esters is 1. The first-order valence-electron chi connectivity index (χ1n) is 13.6. The average molecular weight is 570 g/mol. The van der Waals surface area contributed by atoms with Gasteiger partial charge in [0.1, 0.15) is 17.4 Å². The molecule has 1 heterocycles. The predicted molar refractivity (Wildman–Crippen MR) is 144 cm³/mol. The number of hydrogen-bond acceptors (Lipinski definition) is 11. The summed E-state index contributed by atoms with van der Waals surface area (Å²) in [4.78, 5) is 42.1. The first kappa shape index (κ1) is 29.2. The van der Waals surface area contributed by atoms with Gasteiger partial charge in [-0.25, -0.2) is 0 Å². The molecule has 3 aliphatic rings. The Kier molecular flexibility index (Phi) is 7.46. The van der Waals surface area contributed by atoms with Crippen molar-refractivity contribution >= 4 is 17.5 Å². The summed E-state index contributed by atoms with van der Waals surface area (Å²) in [7, 11) is 4.82. The summed E-state index contributed by atoms with van der Waals surface area (Å²) in [6.07, 6.45) is -3.09. The number of methoxy groups -OCH3 is 1. The standard InChI is InChI=1S/C30H35NO10/c1-6-30(38)12-19(41-20-11-17(31(3)4)25(33)13(2)40-20)22-15(24(30)29(37)39-5)10-16-23(28(22)36)27(35)21-14(26(16)34)8-7-9-18(21)32/h7-10,13,17,19-20,24-25,32-33,36,38H,6,11-12H2,1-5H3/t13-,17-,19-,20+,24+,25+,30+/m0/s1. The number of fused-ring (bicyclic) bond motifs is 3. The largest absolute Gasteiger partial charge is 0.507 e. The first-order valence-corrected chi connectivity index (χ1v) is 13.6. The molecule has 7 atom stereocenters. The number of rotatable bonds is 5. The molecule has 2 aliphatic carbocycles. The van der Waals surface area contributed by atoms with Crippen LogP contribution in [0.1, 0.15) is 88.1 Å². The minimum atomic E-state index is -1.69. The Hall–Kier alpha value is -3.35. The van der Waals surface area contributed by atoms with Crippen LogP contribution in [0.4, 0.5) is 0 Å². The topological polar surface area (TPSA) is 163 Å². The third kappa shape index (κ3) is 4.52. The zero-order chi connectivity index (χ0) is 30.0. The van der Waals surface area contributed by atoms with Gasteiger partial charge in [0, 0.05) is 35.6 Å². The van der Waals surface area contributed by atoms with E-state index in [1.165, 1.54) is 31.4 Å². The van der Waals surface area contributed by atoms with Crippen LogP contribution < -0.4 is 0 Å². The molecule has 1 saturated heterocycles. The number of ether oxygens (including phenoxy) is 3. The van der Waals surface area contributed by atoms with Crippen LogP contribution in [0.25, 0.3) is 0 Å². The molecule has 0 radical (unpaired) electrons. The second-order valence-corrected chi connectivity index (χ2v) is 11.3. The van der Waals surface area contributed by atoms with Gasteiger partial charge in [0.05, 0.1) is 42.1 Å². The zero-order valence-corrected chi connectivity index (χ0v) is 23.6. The average Bonchev–Trinajstić information content (AvgIpc) is 2.92. The Balaban J connectivity index is 1.69. The molecular formula is C30H35NO10. The van der Waals surface area contributed by atoms with Crippen molar-refractivity contribution in [3.63, 3.8) is 0 Å². The summed E-state index contributed by atoms with van der Waals surface area (Å²) in [5, 5.41) is 44.5. The molecule has 41 heavy (non-hydrogen) atoms. The van der Waals surface area contributed by atoms with Crippen LogP contribution in [0.15, 0.2) is 24.3 Å². The molecule has 0 bridgehead atoms. The predicted octanol–water partition coefficient (Wildman–Crippen LogP) is 2.16. The number of aromatic hydroxyl groups is 2. The Labute approximate surface area is 237 Å². The Morgan fingerprint density at radius 1 is 1.15 bits per heavy atom. The quantitative estimate of drug-likeness (QED) is 0.333. The molecule has 0 saturated carbocycles. The smallest absolute Gasteiger partial charge is 0.316 e. The van der Waals surface area contributed by atoms with E-state index in [0.29, 0.717) is 0 Å². The lowest BCUT2D eigenvalue weighted by atomic mass is 9.67. The highest BCUT2D eigenvalue weighted by Gasteiger charge is 2.53. The van der Waals surface area contributed by atoms with E-state index in [2.05, 4.69) is 0 Å². The normalized spacial score (nSPS) is 30.9. The second kappa shape index (κ2) is 10.5. The van der Waals surface area contributed by atoms with Crippen LogP contribution in [-0.4, -0.2) is 94.2 Å². The number of likely N-dealkylation sites (N-methyl/N-ethyl adjacent to an activating group) is 1. The number of aliphatic hydroxyl groups is 2. The number of carbonyl (C=O) groups is 3. The maximum Gasteiger partial charge on any atom is 0.316 e. The number of phenols is 2. The number of carbonyl (C=O) groups excluding carboxylic acids is 3. The van der Waals surface area contributed by atoms with Gasteiger partial charge in [-0.15, -0.1) is 0 Å². The Morgan fingerprint density at radius 2 is 1.85 bits per heavy atom. The van der Waals surface area contributed by atoms with Crippen LogP contribution in [0, 0.1) is 0 Å². The molecular weight excluding hydrogens is 534 g/mol. The minimum Gasteiger partial charge on any atom is -0.507 e. The lowest BCUT2D eigenvalue weighted by Crippen LogP contribution is -2.54. The summed E-state index contributed by atoms with van der Waals surface area (Å²) in [6, 6.07) is 5.14. The molecule has 1 fully saturated rings. The van der Waals surface area contributed by atoms with Crippen molar-refractivity contribution in [1.29, 1.82) is 0 Å². The molecule has 11 heteroatoms. The van der Waals surface area contributed by atoms with E-state index in [1.54, 1.807) is 13.8 Å². The Morgan fingerprint density at radius 3 is 2.49 bits per heavy atom. The van der Waals surface area contributed by atoms with Crippen molar-refractivity contribution < 1.29 is 49.0 Å². The van der Waals surface area contributed by atoms with E-state index in [9.17, 15) is 34.8 Å². The zero-order valence-electron chi connectivity index (χ0n) is 23.6. The summed E-state index contributed by atoms with van der Waals surface area (Å²) in [6.45, 7) is 3.41. The van der Waals surface area contributed by atoms with E-state index < -0.39 is 65.2 Å². The van der Waals surface area contributed by atoms with Crippen LogP contribution in [0.3, 0.4) is 0 Å². The third-order valence-electron chi connectivity index (χ3n) is 8.77. The van der Waals surface area contributed by atoms with Crippen LogP contribution in [0.2, 0.25) is 0 Å². The van der Waals surface area contributed by atoms with Gasteiger partial charge in [-0.3, -0.25) is 14.4 Å². The van der Waals surface area contributed by atoms with Gasteiger partial charge in [-0.2, -0.15) is 0 Å². The molecule has 220 valence electrons. The molecule has 0 aromatic heterocycles. The molecule has 0 spiro atoms. The van der Waals surface area contributed by atoms with Gasteiger partial charge in [0.25, 0.3) is 0 Å². The van der Waals surface area contributed by atoms with Gasteiger partial charge in [0.2, 0.25) is 5.78 Å². The molecule has 0 unspecified atom stereocenters. The van der Waals surface area contributed by atoms with Gasteiger partial charge in [-0.1, -0.05) is 19.1 Å². The second-order valence-electron chi connectivity index (χ2n) is 11.3. The van der Waals surface area contributed by atoms with Crippen molar-refractivity contribution in [2.75, 3.05) is 21.2 Å². The highest BCUT2D eigenvalue weighted by molar-refractivity contribution is 6.30. The van der Waals surface area contributed by atoms with Crippen molar-refractivity contribution in [1.82, 2.24) is 4.90 Å². The van der Waals surface area contributed by atoms with E-state index in [0.717, 1.165) is 0 Å². The van der Waals surface area contributed by atoms with Crippen molar-refractivity contribution in [3.8, 4) is 11.5 Å². The fourth-order valence-corrected chi connectivity index (χ4v) is 6.50. The first-order chi connectivity index (χ1) is 19.3. The monoisotopic (exact) mass is 569 g/mol. The van der Waals surface area contributed by atoms with E-state index in [1.807, 2.05) is 19.0 Å². The number of phenolic OH excluding ortho intramolecular Hbond substituents is 2. The van der Waals surface area contributed by atoms with E-state index >= 15 is 0 Å². The molecule has 4 N–H and O–H groups in total. The van der Waals surface area contributed by atoms with E-state index in [4.69, 9.17) is 14.2 Å². The van der Waals surface area contributed by atoms with Crippen molar-refractivity contribution in [2.24, 2.45) is 0 Å². The van der Waals surface area contributed by atoms with E-state index in [-0.39, 0.29) is 58.7 Å². The number of aliphatic hydroxyl groups excluding tert-OH is 1. The molecule has 5 rings (SSSR count). The lowest BCUT2D eigenvalue weighted by Gasteiger charge is -2.46. The maximum atomic E-state index is 13.6. The summed E-state index contributed by atoms with van der Waals surface area (Å²) < 4.78 is 17.3. The van der Waals surface area contributed by atoms with Gasteiger partial charge < -0.3 is 39.5 Å². The number of ketones is 2. The molecule has 0 amide bonds. The highest BCUT2D eigenvalue weighted by atomic mass is 16.7. The molecule has 2 aromatic rings. The number of hydrogen-bond donors (Lipinski definition) is 4. The molecule has 11 nitrogen and oxygen atoms in total. The third-order valence-corrected chi connectivity index (χ3v) is 8.77. The summed E-state index contributed by atoms with van der Waals surface area (Å²) in [5.41, 5.74) is -2.27. The van der Waals surface area contributed by atoms with Crippen LogP contribution >= 0.6 is 0 Å². The lowest BCUT2D eigenvalue weighted by molar-refractivity contribution is -0.258. The summed E-state index contributed by atoms with van der Waals surface area (Å²) >= 11 is 0. The molecule has 1 aliphatic heterocycles. The van der Waals surface area contributed by atoms with Crippen LogP contribution in [0.5, 0.6) is 11.5 Å². The Bertz CT molecular complexity index is 1420. The SMILES string of the molecule is CC[C@@]1(O)C[C@H](O[C@@H]2C[C@H](N(C)C)[C@H](O)[C@H](C)O2)c2c(cc3c(c2O)C(=O)c2c(O)cccc2C3=O)[C@@H]1C(=O)OC. The summed E-state index contributed by atoms with van der Waals surface area (Å²) in [5.74, 6) is -4.42. The number of benzene rings is 2. The van der Waals surface area contributed by atoms with Gasteiger partial charge in [0.15, 0.2) is 12.1 Å². The van der Waals surface area contributed by atoms with Crippen molar-refractivity contribution in [2.45, 2.75) is 75.3 Å². The minimum absolute atomic E-state index is 0.0382. The fraction of sp³-hybridized carbons (Fsp3) is 0.500. The molecule has 2 aromatic carbocycles. The maximum absolute atomic E-state index is 13.6.